The van der Waals surface area contributed by atoms with E-state index >= 15 is 0 Å². The molecule has 0 radical (unpaired) electrons. The summed E-state index contributed by atoms with van der Waals surface area (Å²) in [5.74, 6) is 1.51. The molecule has 0 amide bonds. The van der Waals surface area contributed by atoms with E-state index in [1.165, 1.54) is 6.20 Å². The number of aromatic nitrogens is 3. The van der Waals surface area contributed by atoms with E-state index < -0.39 is 5.97 Å². The van der Waals surface area contributed by atoms with E-state index in [0.717, 1.165) is 17.9 Å². The van der Waals surface area contributed by atoms with Crippen molar-refractivity contribution >= 4 is 5.97 Å². The number of carbonyl (C=O) groups excluding carboxylic acids is 1. The first-order chi connectivity index (χ1) is 13.1. The van der Waals surface area contributed by atoms with Gasteiger partial charge in [-0.2, -0.15) is 5.10 Å². The summed E-state index contributed by atoms with van der Waals surface area (Å²) < 4.78 is 12.8. The summed E-state index contributed by atoms with van der Waals surface area (Å²) in [4.78, 5) is 17.0. The van der Waals surface area contributed by atoms with Crippen molar-refractivity contribution in [3.63, 3.8) is 0 Å². The van der Waals surface area contributed by atoms with Crippen molar-refractivity contribution in [2.45, 2.75) is 33.1 Å². The van der Waals surface area contributed by atoms with Crippen LogP contribution in [0.1, 0.15) is 49.2 Å². The number of ether oxygens (including phenoxy) is 2. The van der Waals surface area contributed by atoms with Crippen LogP contribution in [0, 0.1) is 0 Å². The number of esters is 1. The molecule has 6 heteroatoms. The lowest BCUT2D eigenvalue weighted by molar-refractivity contribution is 0.0733. The van der Waals surface area contributed by atoms with Gasteiger partial charge >= 0.3 is 5.97 Å². The molecule has 27 heavy (non-hydrogen) atoms. The molecule has 1 aromatic carbocycles. The highest BCUT2D eigenvalue weighted by Crippen LogP contribution is 2.24. The van der Waals surface area contributed by atoms with Gasteiger partial charge in [0.1, 0.15) is 17.1 Å². The number of benzene rings is 1. The molecule has 3 aromatic rings. The van der Waals surface area contributed by atoms with Gasteiger partial charge in [-0.1, -0.05) is 26.8 Å². The number of hydrogen-bond acceptors (Lipinski definition) is 5. The van der Waals surface area contributed by atoms with Gasteiger partial charge in [-0.25, -0.2) is 14.5 Å². The molecule has 0 aliphatic carbocycles. The highest BCUT2D eigenvalue weighted by atomic mass is 16.5. The fourth-order valence-corrected chi connectivity index (χ4v) is 2.72. The second-order valence-electron chi connectivity index (χ2n) is 6.41. The molecule has 0 atom stereocenters. The van der Waals surface area contributed by atoms with Gasteiger partial charge in [-0.05, 0) is 48.7 Å². The lowest BCUT2D eigenvalue weighted by Crippen LogP contribution is -2.13. The molecular formula is C21H23N3O3. The van der Waals surface area contributed by atoms with Crippen molar-refractivity contribution in [1.82, 2.24) is 14.8 Å². The first-order valence-electron chi connectivity index (χ1n) is 9.04. The summed E-state index contributed by atoms with van der Waals surface area (Å²) in [7, 11) is 0. The molecule has 3 rings (SSSR count). The van der Waals surface area contributed by atoms with Crippen LogP contribution in [0.2, 0.25) is 0 Å². The van der Waals surface area contributed by atoms with Gasteiger partial charge < -0.3 is 9.47 Å². The minimum atomic E-state index is -0.442. The van der Waals surface area contributed by atoms with E-state index in [1.54, 1.807) is 35.1 Å². The van der Waals surface area contributed by atoms with E-state index in [-0.39, 0.29) is 5.92 Å². The molecule has 2 heterocycles. The standard InChI is InChI=1S/C21H23N3O3/c1-4-13-26-16-8-10-17(11-9-16)27-21(25)18-14-23-24(20(18)15(2)3)19-7-5-6-12-22-19/h5-12,14-15H,4,13H2,1-3H3. The Balaban J connectivity index is 1.81. The second-order valence-corrected chi connectivity index (χ2v) is 6.41. The van der Waals surface area contributed by atoms with Gasteiger partial charge in [-0.3, -0.25) is 0 Å². The zero-order valence-electron chi connectivity index (χ0n) is 15.8. The molecule has 0 N–H and O–H groups in total. The maximum atomic E-state index is 12.7. The Morgan fingerprint density at radius 2 is 1.85 bits per heavy atom. The Bertz CT molecular complexity index is 887. The minimum Gasteiger partial charge on any atom is -0.494 e. The highest BCUT2D eigenvalue weighted by Gasteiger charge is 2.23. The second kappa shape index (κ2) is 8.49. The molecule has 140 valence electrons. The van der Waals surface area contributed by atoms with Crippen molar-refractivity contribution in [3.8, 4) is 17.3 Å². The Labute approximate surface area is 158 Å². The van der Waals surface area contributed by atoms with E-state index in [0.29, 0.717) is 23.7 Å². The fourth-order valence-electron chi connectivity index (χ4n) is 2.72. The van der Waals surface area contributed by atoms with Crippen LogP contribution < -0.4 is 9.47 Å². The van der Waals surface area contributed by atoms with Gasteiger partial charge in [0.15, 0.2) is 5.82 Å². The number of pyridine rings is 1. The summed E-state index contributed by atoms with van der Waals surface area (Å²) >= 11 is 0. The Hall–Kier alpha value is -3.15. The lowest BCUT2D eigenvalue weighted by atomic mass is 10.1. The average Bonchev–Trinajstić information content (AvgIpc) is 3.14. The Kier molecular flexibility index (Phi) is 5.86. The van der Waals surface area contributed by atoms with Crippen LogP contribution in [-0.4, -0.2) is 27.3 Å². The van der Waals surface area contributed by atoms with E-state index in [9.17, 15) is 4.79 Å². The van der Waals surface area contributed by atoms with Crippen LogP contribution in [-0.2, 0) is 0 Å². The van der Waals surface area contributed by atoms with Crippen LogP contribution in [0.15, 0.2) is 54.9 Å². The van der Waals surface area contributed by atoms with Crippen LogP contribution in [0.4, 0.5) is 0 Å². The zero-order valence-corrected chi connectivity index (χ0v) is 15.8. The molecular weight excluding hydrogens is 342 g/mol. The number of rotatable bonds is 7. The van der Waals surface area contributed by atoms with Crippen molar-refractivity contribution in [2.24, 2.45) is 0 Å². The van der Waals surface area contributed by atoms with Crippen LogP contribution in [0.5, 0.6) is 11.5 Å². The summed E-state index contributed by atoms with van der Waals surface area (Å²) in [6, 6.07) is 12.6. The average molecular weight is 365 g/mol. The maximum Gasteiger partial charge on any atom is 0.347 e. The van der Waals surface area contributed by atoms with E-state index in [2.05, 4.69) is 10.1 Å². The normalized spacial score (nSPS) is 10.8. The zero-order chi connectivity index (χ0) is 19.2. The SMILES string of the molecule is CCCOc1ccc(OC(=O)c2cnn(-c3ccccn3)c2C(C)C)cc1. The maximum absolute atomic E-state index is 12.7. The predicted octanol–water partition coefficient (Wildman–Crippen LogP) is 4.40. The molecule has 0 saturated heterocycles. The first-order valence-corrected chi connectivity index (χ1v) is 9.04. The molecule has 0 unspecified atom stereocenters. The monoisotopic (exact) mass is 365 g/mol. The molecule has 0 saturated carbocycles. The third-order valence-corrected chi connectivity index (χ3v) is 3.95. The minimum absolute atomic E-state index is 0.0712. The third kappa shape index (κ3) is 4.34. The van der Waals surface area contributed by atoms with Gasteiger partial charge in [0.2, 0.25) is 0 Å². The first kappa shape index (κ1) is 18.6. The lowest BCUT2D eigenvalue weighted by Gasteiger charge is -2.12. The van der Waals surface area contributed by atoms with Gasteiger partial charge in [0.25, 0.3) is 0 Å². The topological polar surface area (TPSA) is 66.2 Å². The summed E-state index contributed by atoms with van der Waals surface area (Å²) in [5, 5.41) is 4.35. The molecule has 2 aromatic heterocycles. The number of nitrogens with zero attached hydrogens (tertiary/aromatic N) is 3. The van der Waals surface area contributed by atoms with Gasteiger partial charge in [-0.15, -0.1) is 0 Å². The summed E-state index contributed by atoms with van der Waals surface area (Å²) in [6.07, 6.45) is 4.17. The van der Waals surface area contributed by atoms with Crippen LogP contribution >= 0.6 is 0 Å². The van der Waals surface area contributed by atoms with Crippen molar-refractivity contribution in [2.75, 3.05) is 6.61 Å². The van der Waals surface area contributed by atoms with E-state index in [4.69, 9.17) is 9.47 Å². The quantitative estimate of drug-likeness (QED) is 0.459. The van der Waals surface area contributed by atoms with Gasteiger partial charge in [0.05, 0.1) is 18.5 Å². The molecule has 0 aliphatic heterocycles. The van der Waals surface area contributed by atoms with Crippen molar-refractivity contribution in [3.05, 3.63) is 66.1 Å². The van der Waals surface area contributed by atoms with Crippen LogP contribution in [0.25, 0.3) is 5.82 Å². The van der Waals surface area contributed by atoms with Crippen LogP contribution in [0.3, 0.4) is 0 Å². The van der Waals surface area contributed by atoms with Crippen molar-refractivity contribution in [1.29, 1.82) is 0 Å². The van der Waals surface area contributed by atoms with E-state index in [1.807, 2.05) is 39.0 Å². The Morgan fingerprint density at radius 3 is 2.48 bits per heavy atom. The molecule has 0 fully saturated rings. The largest absolute Gasteiger partial charge is 0.494 e. The smallest absolute Gasteiger partial charge is 0.347 e. The molecule has 6 nitrogen and oxygen atoms in total. The Morgan fingerprint density at radius 1 is 1.11 bits per heavy atom. The fraction of sp³-hybridized carbons (Fsp3) is 0.286. The molecule has 0 spiro atoms. The molecule has 0 aliphatic rings. The molecule has 0 bridgehead atoms. The van der Waals surface area contributed by atoms with Crippen molar-refractivity contribution < 1.29 is 14.3 Å². The highest BCUT2D eigenvalue weighted by molar-refractivity contribution is 5.92. The number of carbonyl (C=O) groups is 1. The van der Waals surface area contributed by atoms with Gasteiger partial charge in [0, 0.05) is 6.20 Å². The number of hydrogen-bond donors (Lipinski definition) is 0. The summed E-state index contributed by atoms with van der Waals surface area (Å²) in [6.45, 7) is 6.72. The predicted molar refractivity (Wildman–Crippen MR) is 103 cm³/mol. The third-order valence-electron chi connectivity index (χ3n) is 3.95. The summed E-state index contributed by atoms with van der Waals surface area (Å²) in [5.41, 5.74) is 1.20.